The molecule has 1 amide bonds. The van der Waals surface area contributed by atoms with Gasteiger partial charge >= 0.3 is 0 Å². The molecule has 3 heterocycles. The fraction of sp³-hybridized carbons (Fsp3) is 0.381. The minimum atomic E-state index is -0.230. The van der Waals surface area contributed by atoms with Gasteiger partial charge in [-0.15, -0.1) is 21.5 Å². The van der Waals surface area contributed by atoms with Crippen LogP contribution in [0.3, 0.4) is 0 Å². The largest absolute Gasteiger partial charge is 0.497 e. The van der Waals surface area contributed by atoms with Crippen molar-refractivity contribution in [1.29, 1.82) is 0 Å². The first-order valence-corrected chi connectivity index (χ1v) is 10.6. The molecular formula is C21H23N5O3S. The van der Waals surface area contributed by atoms with Crippen LogP contribution in [0.1, 0.15) is 44.8 Å². The van der Waals surface area contributed by atoms with Crippen molar-refractivity contribution in [1.82, 2.24) is 24.9 Å². The van der Waals surface area contributed by atoms with Gasteiger partial charge in [-0.1, -0.05) is 12.1 Å². The summed E-state index contributed by atoms with van der Waals surface area (Å²) >= 11 is 1.65. The molecule has 3 aromatic rings. The third-order valence-electron chi connectivity index (χ3n) is 5.31. The Bertz CT molecular complexity index is 1080. The normalized spacial score (nSPS) is 14.7. The lowest BCUT2D eigenvalue weighted by molar-refractivity contribution is 0.0704. The summed E-state index contributed by atoms with van der Waals surface area (Å²) < 4.78 is 6.38. The molecule has 8 nitrogen and oxygen atoms in total. The summed E-state index contributed by atoms with van der Waals surface area (Å²) in [6.07, 6.45) is 2.43. The number of hydrogen-bond acceptors (Lipinski definition) is 7. The molecule has 30 heavy (non-hydrogen) atoms. The Morgan fingerprint density at radius 1 is 1.13 bits per heavy atom. The predicted octanol–water partition coefficient (Wildman–Crippen LogP) is 2.25. The van der Waals surface area contributed by atoms with E-state index in [2.05, 4.69) is 15.3 Å². The molecule has 1 fully saturated rings. The van der Waals surface area contributed by atoms with Crippen LogP contribution >= 0.6 is 11.3 Å². The standard InChI is InChI=1S/C21H23N5O3S/c1-25-19(27)8-7-17(24-25)21(28)26-11-9-15(10-12-26)20-23-22-18(30-20)13-14-3-5-16(29-2)6-4-14/h3-8,15H,9-13H2,1-2H3. The second-order valence-electron chi connectivity index (χ2n) is 7.31. The Labute approximate surface area is 178 Å². The third kappa shape index (κ3) is 4.40. The lowest BCUT2D eigenvalue weighted by Gasteiger charge is -2.30. The van der Waals surface area contributed by atoms with E-state index in [0.29, 0.717) is 24.7 Å². The molecule has 1 aliphatic heterocycles. The molecule has 0 aliphatic carbocycles. The summed E-state index contributed by atoms with van der Waals surface area (Å²) in [6.45, 7) is 1.28. The maximum absolute atomic E-state index is 12.7. The highest BCUT2D eigenvalue weighted by Gasteiger charge is 2.27. The van der Waals surface area contributed by atoms with E-state index in [1.165, 1.54) is 22.4 Å². The lowest BCUT2D eigenvalue weighted by Crippen LogP contribution is -2.39. The van der Waals surface area contributed by atoms with E-state index in [1.54, 1.807) is 30.4 Å². The van der Waals surface area contributed by atoms with Crippen molar-refractivity contribution in [2.24, 2.45) is 7.05 Å². The molecule has 0 bridgehead atoms. The smallest absolute Gasteiger partial charge is 0.274 e. The van der Waals surface area contributed by atoms with Crippen LogP contribution in [-0.2, 0) is 13.5 Å². The van der Waals surface area contributed by atoms with E-state index in [1.807, 2.05) is 24.3 Å². The summed E-state index contributed by atoms with van der Waals surface area (Å²) in [6, 6.07) is 10.8. The second-order valence-corrected chi connectivity index (χ2v) is 8.40. The topological polar surface area (TPSA) is 90.2 Å². The predicted molar refractivity (Wildman–Crippen MR) is 113 cm³/mol. The summed E-state index contributed by atoms with van der Waals surface area (Å²) in [7, 11) is 3.20. The molecule has 1 aromatic carbocycles. The number of piperidine rings is 1. The number of nitrogens with zero attached hydrogens (tertiary/aromatic N) is 5. The Hall–Kier alpha value is -3.07. The van der Waals surface area contributed by atoms with Gasteiger partial charge in [-0.05, 0) is 36.6 Å². The number of benzene rings is 1. The molecule has 0 unspecified atom stereocenters. The number of methoxy groups -OCH3 is 1. The van der Waals surface area contributed by atoms with Crippen LogP contribution in [0.5, 0.6) is 5.75 Å². The third-order valence-corrected chi connectivity index (χ3v) is 6.39. The lowest BCUT2D eigenvalue weighted by atomic mass is 9.97. The second kappa shape index (κ2) is 8.74. The quantitative estimate of drug-likeness (QED) is 0.623. The molecule has 9 heteroatoms. The highest BCUT2D eigenvalue weighted by molar-refractivity contribution is 7.11. The van der Waals surface area contributed by atoms with Crippen LogP contribution in [0.4, 0.5) is 0 Å². The van der Waals surface area contributed by atoms with Crippen LogP contribution in [0.2, 0.25) is 0 Å². The van der Waals surface area contributed by atoms with Gasteiger partial charge in [0.1, 0.15) is 21.5 Å². The number of ether oxygens (including phenoxy) is 1. The van der Waals surface area contributed by atoms with E-state index in [-0.39, 0.29) is 11.5 Å². The maximum atomic E-state index is 12.7. The fourth-order valence-electron chi connectivity index (χ4n) is 3.53. The van der Waals surface area contributed by atoms with E-state index in [4.69, 9.17) is 4.74 Å². The number of hydrogen-bond donors (Lipinski definition) is 0. The molecular weight excluding hydrogens is 402 g/mol. The molecule has 2 aromatic heterocycles. The summed E-state index contributed by atoms with van der Waals surface area (Å²) in [5.74, 6) is 1.01. The molecule has 0 atom stereocenters. The fourth-order valence-corrected chi connectivity index (χ4v) is 4.57. The molecule has 1 saturated heterocycles. The van der Waals surface area contributed by atoms with Crippen molar-refractivity contribution < 1.29 is 9.53 Å². The van der Waals surface area contributed by atoms with Gasteiger partial charge in [0.15, 0.2) is 0 Å². The van der Waals surface area contributed by atoms with E-state index < -0.39 is 0 Å². The minimum absolute atomic E-state index is 0.137. The molecule has 0 spiro atoms. The minimum Gasteiger partial charge on any atom is -0.497 e. The number of rotatable bonds is 5. The first-order chi connectivity index (χ1) is 14.5. The first kappa shape index (κ1) is 20.2. The first-order valence-electron chi connectivity index (χ1n) is 9.82. The summed E-state index contributed by atoms with van der Waals surface area (Å²) in [5.41, 5.74) is 1.24. The summed E-state index contributed by atoms with van der Waals surface area (Å²) in [5, 5.41) is 14.9. The number of carbonyl (C=O) groups excluding carboxylic acids is 1. The molecule has 0 radical (unpaired) electrons. The van der Waals surface area contributed by atoms with Crippen LogP contribution in [0.15, 0.2) is 41.2 Å². The molecule has 4 rings (SSSR count). The average molecular weight is 426 g/mol. The van der Waals surface area contributed by atoms with Crippen LogP contribution in [0, 0.1) is 0 Å². The van der Waals surface area contributed by atoms with Gasteiger partial charge in [0, 0.05) is 38.5 Å². The van der Waals surface area contributed by atoms with Crippen molar-refractivity contribution >= 4 is 17.2 Å². The van der Waals surface area contributed by atoms with Gasteiger partial charge in [0.05, 0.1) is 7.11 Å². The monoisotopic (exact) mass is 425 g/mol. The number of carbonyl (C=O) groups is 1. The zero-order chi connectivity index (χ0) is 21.1. The zero-order valence-corrected chi connectivity index (χ0v) is 17.8. The number of likely N-dealkylation sites (tertiary alicyclic amines) is 1. The highest BCUT2D eigenvalue weighted by Crippen LogP contribution is 2.31. The maximum Gasteiger partial charge on any atom is 0.274 e. The van der Waals surface area contributed by atoms with Crippen molar-refractivity contribution in [3.63, 3.8) is 0 Å². The van der Waals surface area contributed by atoms with Crippen molar-refractivity contribution in [2.45, 2.75) is 25.2 Å². The number of aryl methyl sites for hydroxylation is 1. The van der Waals surface area contributed by atoms with Gasteiger partial charge in [-0.25, -0.2) is 4.68 Å². The summed E-state index contributed by atoms with van der Waals surface area (Å²) in [4.78, 5) is 25.9. The Morgan fingerprint density at radius 2 is 1.87 bits per heavy atom. The van der Waals surface area contributed by atoms with Gasteiger partial charge in [0.25, 0.3) is 11.5 Å². The van der Waals surface area contributed by atoms with Crippen LogP contribution < -0.4 is 10.3 Å². The number of aromatic nitrogens is 4. The Morgan fingerprint density at radius 3 is 2.53 bits per heavy atom. The molecule has 0 N–H and O–H groups in total. The SMILES string of the molecule is COc1ccc(Cc2nnc(C3CCN(C(=O)c4ccc(=O)n(C)n4)CC3)s2)cc1. The van der Waals surface area contributed by atoms with Crippen molar-refractivity contribution in [3.05, 3.63) is 68.0 Å². The Kier molecular flexibility index (Phi) is 5.89. The molecule has 1 aliphatic rings. The van der Waals surface area contributed by atoms with Crippen molar-refractivity contribution in [3.8, 4) is 5.75 Å². The van der Waals surface area contributed by atoms with E-state index >= 15 is 0 Å². The van der Waals surface area contributed by atoms with E-state index in [9.17, 15) is 9.59 Å². The van der Waals surface area contributed by atoms with Gasteiger partial charge in [-0.2, -0.15) is 5.10 Å². The van der Waals surface area contributed by atoms with Gasteiger partial charge in [0.2, 0.25) is 0 Å². The van der Waals surface area contributed by atoms with E-state index in [0.717, 1.165) is 35.0 Å². The van der Waals surface area contributed by atoms with Crippen LogP contribution in [-0.4, -0.2) is 51.0 Å². The zero-order valence-electron chi connectivity index (χ0n) is 16.9. The molecule has 156 valence electrons. The number of amides is 1. The van der Waals surface area contributed by atoms with Crippen molar-refractivity contribution in [2.75, 3.05) is 20.2 Å². The average Bonchev–Trinajstić information content (AvgIpc) is 3.24. The Balaban J connectivity index is 1.35. The highest BCUT2D eigenvalue weighted by atomic mass is 32.1. The van der Waals surface area contributed by atoms with Gasteiger partial charge in [-0.3, -0.25) is 9.59 Å². The molecule has 0 saturated carbocycles. The van der Waals surface area contributed by atoms with Gasteiger partial charge < -0.3 is 9.64 Å². The van der Waals surface area contributed by atoms with Crippen LogP contribution in [0.25, 0.3) is 0 Å².